The van der Waals surface area contributed by atoms with E-state index in [1.54, 1.807) is 19.1 Å². The summed E-state index contributed by atoms with van der Waals surface area (Å²) < 4.78 is 24.5. The summed E-state index contributed by atoms with van der Waals surface area (Å²) in [6.07, 6.45) is 0. The first-order valence-electron chi connectivity index (χ1n) is 4.64. The number of hydrogen-bond donors (Lipinski definition) is 0. The molecule has 0 aliphatic rings. The van der Waals surface area contributed by atoms with Gasteiger partial charge in [0, 0.05) is 6.54 Å². The molecule has 0 N–H and O–H groups in total. The lowest BCUT2D eigenvalue weighted by Gasteiger charge is -2.21. The van der Waals surface area contributed by atoms with Gasteiger partial charge in [-0.3, -0.25) is 4.31 Å². The first-order chi connectivity index (χ1) is 7.01. The van der Waals surface area contributed by atoms with Gasteiger partial charge >= 0.3 is 0 Å². The van der Waals surface area contributed by atoms with Crippen LogP contribution in [-0.4, -0.2) is 20.2 Å². The molecule has 0 saturated heterocycles. The van der Waals surface area contributed by atoms with Gasteiger partial charge < -0.3 is 0 Å². The molecule has 84 valence electrons. The molecule has 0 spiro atoms. The Morgan fingerprint density at radius 2 is 1.80 bits per heavy atom. The maximum atomic E-state index is 11.6. The van der Waals surface area contributed by atoms with Crippen LogP contribution >= 0.6 is 11.6 Å². The molecule has 0 aliphatic heterocycles. The number of nitrogens with zero attached hydrogens (tertiary/aromatic N) is 1. The van der Waals surface area contributed by atoms with E-state index in [4.69, 9.17) is 11.6 Å². The molecule has 0 radical (unpaired) electrons. The number of aryl methyl sites for hydroxylation is 1. The van der Waals surface area contributed by atoms with Crippen molar-refractivity contribution in [2.45, 2.75) is 13.8 Å². The SMILES string of the molecule is CCN(c1ccc(C)cc1)S(=O)(=O)CCl. The molecule has 0 unspecified atom stereocenters. The molecule has 1 rings (SSSR count). The van der Waals surface area contributed by atoms with Crippen LogP contribution in [0.15, 0.2) is 24.3 Å². The number of benzene rings is 1. The van der Waals surface area contributed by atoms with Crippen LogP contribution in [0.4, 0.5) is 5.69 Å². The van der Waals surface area contributed by atoms with Crippen LogP contribution in [0.3, 0.4) is 0 Å². The zero-order valence-corrected chi connectivity index (χ0v) is 10.3. The Balaban J connectivity index is 3.09. The quantitative estimate of drug-likeness (QED) is 0.766. The summed E-state index contributed by atoms with van der Waals surface area (Å²) in [5, 5.41) is -0.394. The number of alkyl halides is 1. The van der Waals surface area contributed by atoms with Crippen molar-refractivity contribution < 1.29 is 8.42 Å². The lowest BCUT2D eigenvalue weighted by Crippen LogP contribution is -2.31. The van der Waals surface area contributed by atoms with Gasteiger partial charge in [-0.2, -0.15) is 0 Å². The topological polar surface area (TPSA) is 37.4 Å². The summed E-state index contributed by atoms with van der Waals surface area (Å²) in [6, 6.07) is 7.31. The zero-order valence-electron chi connectivity index (χ0n) is 8.77. The van der Waals surface area contributed by atoms with E-state index in [1.807, 2.05) is 19.1 Å². The molecule has 0 bridgehead atoms. The van der Waals surface area contributed by atoms with Crippen molar-refractivity contribution >= 4 is 27.3 Å². The second-order valence-corrected chi connectivity index (χ2v) is 5.70. The summed E-state index contributed by atoms with van der Waals surface area (Å²) in [6.45, 7) is 4.12. The molecule has 0 fully saturated rings. The molecule has 0 heterocycles. The van der Waals surface area contributed by atoms with Crippen LogP contribution in [0.5, 0.6) is 0 Å². The third kappa shape index (κ3) is 2.86. The Hall–Kier alpha value is -0.740. The van der Waals surface area contributed by atoms with Crippen LogP contribution in [0.25, 0.3) is 0 Å². The van der Waals surface area contributed by atoms with Gasteiger partial charge in [0.05, 0.1) is 5.69 Å². The highest BCUT2D eigenvalue weighted by molar-refractivity contribution is 7.93. The predicted octanol–water partition coefficient (Wildman–Crippen LogP) is 2.35. The molecule has 5 heteroatoms. The molecular formula is C10H14ClNO2S. The Labute approximate surface area is 95.7 Å². The molecular weight excluding hydrogens is 234 g/mol. The van der Waals surface area contributed by atoms with Crippen molar-refractivity contribution in [3.63, 3.8) is 0 Å². The maximum Gasteiger partial charge on any atom is 0.249 e. The Morgan fingerprint density at radius 3 is 2.20 bits per heavy atom. The van der Waals surface area contributed by atoms with Gasteiger partial charge in [0.2, 0.25) is 10.0 Å². The zero-order chi connectivity index (χ0) is 11.5. The average Bonchev–Trinajstić information content (AvgIpc) is 2.22. The predicted molar refractivity (Wildman–Crippen MR) is 63.8 cm³/mol. The van der Waals surface area contributed by atoms with Crippen LogP contribution < -0.4 is 4.31 Å². The first kappa shape index (κ1) is 12.3. The highest BCUT2D eigenvalue weighted by atomic mass is 35.5. The van der Waals surface area contributed by atoms with E-state index >= 15 is 0 Å². The van der Waals surface area contributed by atoms with Crippen LogP contribution in [-0.2, 0) is 10.0 Å². The highest BCUT2D eigenvalue weighted by Gasteiger charge is 2.19. The van der Waals surface area contributed by atoms with Gasteiger partial charge in [0.15, 0.2) is 0 Å². The molecule has 1 aromatic rings. The second-order valence-electron chi connectivity index (χ2n) is 3.22. The van der Waals surface area contributed by atoms with E-state index in [0.717, 1.165) is 5.56 Å². The van der Waals surface area contributed by atoms with Crippen molar-refractivity contribution in [1.82, 2.24) is 0 Å². The van der Waals surface area contributed by atoms with Crippen LogP contribution in [0, 0.1) is 6.92 Å². The van der Waals surface area contributed by atoms with Crippen molar-refractivity contribution in [1.29, 1.82) is 0 Å². The average molecular weight is 248 g/mol. The normalized spacial score (nSPS) is 11.4. The van der Waals surface area contributed by atoms with E-state index in [9.17, 15) is 8.42 Å². The second kappa shape index (κ2) is 4.86. The fraction of sp³-hybridized carbons (Fsp3) is 0.400. The maximum absolute atomic E-state index is 11.6. The van der Waals surface area contributed by atoms with Gasteiger partial charge in [-0.25, -0.2) is 8.42 Å². The number of hydrogen-bond acceptors (Lipinski definition) is 2. The van der Waals surface area contributed by atoms with Crippen molar-refractivity contribution in [3.05, 3.63) is 29.8 Å². The van der Waals surface area contributed by atoms with E-state index in [0.29, 0.717) is 12.2 Å². The third-order valence-electron chi connectivity index (χ3n) is 2.08. The van der Waals surface area contributed by atoms with Gasteiger partial charge in [-0.15, -0.1) is 11.6 Å². The molecule has 0 atom stereocenters. The van der Waals surface area contributed by atoms with Crippen molar-refractivity contribution in [3.8, 4) is 0 Å². The third-order valence-corrected chi connectivity index (χ3v) is 4.33. The number of sulfonamides is 1. The van der Waals surface area contributed by atoms with Gasteiger partial charge in [-0.1, -0.05) is 17.7 Å². The fourth-order valence-electron chi connectivity index (χ4n) is 1.31. The molecule has 0 amide bonds. The molecule has 0 aliphatic carbocycles. The van der Waals surface area contributed by atoms with E-state index in [2.05, 4.69) is 0 Å². The minimum atomic E-state index is -3.38. The summed E-state index contributed by atoms with van der Waals surface area (Å²) in [5.41, 5.74) is 1.75. The lowest BCUT2D eigenvalue weighted by atomic mass is 10.2. The van der Waals surface area contributed by atoms with E-state index < -0.39 is 15.2 Å². The van der Waals surface area contributed by atoms with Gasteiger partial charge in [0.25, 0.3) is 0 Å². The molecule has 3 nitrogen and oxygen atoms in total. The van der Waals surface area contributed by atoms with Gasteiger partial charge in [-0.05, 0) is 26.0 Å². The summed E-state index contributed by atoms with van der Waals surface area (Å²) >= 11 is 5.42. The van der Waals surface area contributed by atoms with E-state index in [-0.39, 0.29) is 0 Å². The first-order valence-corrected chi connectivity index (χ1v) is 6.78. The minimum absolute atomic E-state index is 0.387. The van der Waals surface area contributed by atoms with E-state index in [1.165, 1.54) is 4.31 Å². The summed E-state index contributed by atoms with van der Waals surface area (Å²) in [5.74, 6) is 0. The smallest absolute Gasteiger partial charge is 0.249 e. The van der Waals surface area contributed by atoms with Crippen LogP contribution in [0.1, 0.15) is 12.5 Å². The highest BCUT2D eigenvalue weighted by Crippen LogP contribution is 2.19. The number of rotatable bonds is 4. The standard InChI is InChI=1S/C10H14ClNO2S/c1-3-12(15(13,14)8-11)10-6-4-9(2)5-7-10/h4-7H,3,8H2,1-2H3. The Kier molecular flexibility index (Phi) is 3.99. The lowest BCUT2D eigenvalue weighted by molar-refractivity contribution is 0.596. The fourth-order valence-corrected chi connectivity index (χ4v) is 2.62. The van der Waals surface area contributed by atoms with Crippen molar-refractivity contribution in [2.24, 2.45) is 0 Å². The summed E-state index contributed by atoms with van der Waals surface area (Å²) in [4.78, 5) is 0. The molecule has 0 saturated carbocycles. The number of anilines is 1. The molecule has 15 heavy (non-hydrogen) atoms. The minimum Gasteiger partial charge on any atom is -0.270 e. The Morgan fingerprint density at radius 1 is 1.27 bits per heavy atom. The van der Waals surface area contributed by atoms with Crippen LogP contribution in [0.2, 0.25) is 0 Å². The van der Waals surface area contributed by atoms with Crippen molar-refractivity contribution in [2.75, 3.05) is 16.1 Å². The monoisotopic (exact) mass is 247 g/mol. The van der Waals surface area contributed by atoms with Gasteiger partial charge in [0.1, 0.15) is 5.21 Å². The summed E-state index contributed by atoms with van der Waals surface area (Å²) in [7, 11) is -3.38. The largest absolute Gasteiger partial charge is 0.270 e. The molecule has 0 aromatic heterocycles. The number of halogens is 1. The Bertz CT molecular complexity index is 414. The molecule has 1 aromatic carbocycles.